The minimum Gasteiger partial charge on any atom is -0.481 e. The van der Waals surface area contributed by atoms with Crippen LogP contribution in [0.3, 0.4) is 0 Å². The molecule has 0 aromatic carbocycles. The first-order valence-electron chi connectivity index (χ1n) is 9.69. The zero-order valence-electron chi connectivity index (χ0n) is 17.8. The molecule has 0 fully saturated rings. The van der Waals surface area contributed by atoms with Crippen LogP contribution in [0.25, 0.3) is 22.4 Å². The van der Waals surface area contributed by atoms with Gasteiger partial charge in [0.15, 0.2) is 23.2 Å². The number of carbonyl (C=O) groups is 1. The van der Waals surface area contributed by atoms with Crippen molar-refractivity contribution in [1.29, 1.82) is 0 Å². The number of fused-ring (bicyclic) bond motifs is 1. The average Bonchev–Trinajstić information content (AvgIpc) is 3.10. The van der Waals surface area contributed by atoms with E-state index in [-0.39, 0.29) is 17.3 Å². The summed E-state index contributed by atoms with van der Waals surface area (Å²) < 4.78 is 28.9. The molecule has 0 saturated carbocycles. The summed E-state index contributed by atoms with van der Waals surface area (Å²) in [6.45, 7) is 8.76. The predicted molar refractivity (Wildman–Crippen MR) is 113 cm³/mol. The van der Waals surface area contributed by atoms with E-state index in [1.54, 1.807) is 13.1 Å². The molecule has 0 bridgehead atoms. The Hall–Kier alpha value is -3.54. The number of aliphatic carboxylic acids is 1. The van der Waals surface area contributed by atoms with Crippen LogP contribution in [-0.4, -0.2) is 37.1 Å². The number of halogens is 2. The fraction of sp³-hybridized carbons (Fsp3) is 0.364. The van der Waals surface area contributed by atoms with Crippen LogP contribution >= 0.6 is 0 Å². The van der Waals surface area contributed by atoms with Crippen LogP contribution in [0.2, 0.25) is 0 Å². The van der Waals surface area contributed by atoms with Crippen LogP contribution in [0, 0.1) is 34.8 Å². The Morgan fingerprint density at radius 2 is 1.97 bits per heavy atom. The molecule has 0 radical (unpaired) electrons. The average molecular weight is 427 g/mol. The van der Waals surface area contributed by atoms with Crippen LogP contribution in [0.1, 0.15) is 40.3 Å². The van der Waals surface area contributed by atoms with Crippen molar-refractivity contribution in [3.63, 3.8) is 0 Å². The van der Waals surface area contributed by atoms with E-state index in [4.69, 9.17) is 0 Å². The molecule has 2 atom stereocenters. The molecule has 0 aliphatic heterocycles. The van der Waals surface area contributed by atoms with Crippen molar-refractivity contribution < 1.29 is 18.7 Å². The molecule has 0 saturated heterocycles. The molecule has 0 aliphatic carbocycles. The lowest BCUT2D eigenvalue weighted by Crippen LogP contribution is -2.30. The molecule has 7 nitrogen and oxygen atoms in total. The molecule has 0 spiro atoms. The molecule has 0 aliphatic rings. The SMILES string of the molecule is CC(Nc1nc(-c2c[nH]c3ncc(F)cc23)nc(C#CC(C)(C)C)c1F)C(C)C(=O)O. The zero-order valence-corrected chi connectivity index (χ0v) is 17.8. The van der Waals surface area contributed by atoms with E-state index in [9.17, 15) is 14.3 Å². The van der Waals surface area contributed by atoms with Crippen LogP contribution in [-0.2, 0) is 4.79 Å². The third kappa shape index (κ3) is 4.97. The fourth-order valence-electron chi connectivity index (χ4n) is 2.71. The maximum Gasteiger partial charge on any atom is 0.308 e. The van der Waals surface area contributed by atoms with Crippen LogP contribution in [0.5, 0.6) is 0 Å². The summed E-state index contributed by atoms with van der Waals surface area (Å²) in [6, 6.07) is 0.657. The number of aromatic nitrogens is 4. The predicted octanol–water partition coefficient (Wildman–Crippen LogP) is 4.22. The number of carboxylic acids is 1. The molecule has 9 heteroatoms. The minimum atomic E-state index is -1.03. The van der Waals surface area contributed by atoms with Gasteiger partial charge in [-0.2, -0.15) is 4.39 Å². The molecule has 3 N–H and O–H groups in total. The molecule has 3 heterocycles. The smallest absolute Gasteiger partial charge is 0.308 e. The molecular formula is C22H23F2N5O2. The first kappa shape index (κ1) is 22.2. The van der Waals surface area contributed by atoms with Gasteiger partial charge in [-0.05, 0) is 46.6 Å². The maximum atomic E-state index is 15.2. The van der Waals surface area contributed by atoms with Gasteiger partial charge in [0, 0.05) is 28.6 Å². The standard InChI is InChI=1S/C22H23F2N5O2/c1-11(21(30)31)12(2)27-20-17(24)16(6-7-22(3,4)5)28-19(29-20)15-10-26-18-14(15)8-13(23)9-25-18/h8-12H,1-5H3,(H,25,26)(H,30,31)(H,27,28,29). The molecule has 31 heavy (non-hydrogen) atoms. The summed E-state index contributed by atoms with van der Waals surface area (Å²) in [5.74, 6) is 2.47. The number of anilines is 1. The normalized spacial score (nSPS) is 13.4. The lowest BCUT2D eigenvalue weighted by Gasteiger charge is -2.19. The van der Waals surface area contributed by atoms with E-state index in [1.807, 2.05) is 20.8 Å². The number of rotatable bonds is 5. The monoisotopic (exact) mass is 427 g/mol. The summed E-state index contributed by atoms with van der Waals surface area (Å²) >= 11 is 0. The Bertz CT molecular complexity index is 1200. The maximum absolute atomic E-state index is 15.2. The van der Waals surface area contributed by atoms with Gasteiger partial charge in [-0.25, -0.2) is 19.3 Å². The largest absolute Gasteiger partial charge is 0.481 e. The highest BCUT2D eigenvalue weighted by Gasteiger charge is 2.23. The summed E-state index contributed by atoms with van der Waals surface area (Å²) in [5.41, 5.74) is 0.303. The van der Waals surface area contributed by atoms with Gasteiger partial charge in [0.05, 0.1) is 12.1 Å². The Morgan fingerprint density at radius 3 is 2.61 bits per heavy atom. The van der Waals surface area contributed by atoms with Crippen molar-refractivity contribution in [1.82, 2.24) is 19.9 Å². The van der Waals surface area contributed by atoms with Gasteiger partial charge in [0.2, 0.25) is 0 Å². The van der Waals surface area contributed by atoms with Gasteiger partial charge in [-0.3, -0.25) is 4.79 Å². The number of pyridine rings is 1. The zero-order chi connectivity index (χ0) is 22.9. The van der Waals surface area contributed by atoms with Crippen LogP contribution in [0.4, 0.5) is 14.6 Å². The Kier molecular flexibility index (Phi) is 5.93. The minimum absolute atomic E-state index is 0.107. The molecular weight excluding hydrogens is 404 g/mol. The van der Waals surface area contributed by atoms with Crippen LogP contribution in [0.15, 0.2) is 18.5 Å². The van der Waals surface area contributed by atoms with Gasteiger partial charge in [0.25, 0.3) is 0 Å². The van der Waals surface area contributed by atoms with Gasteiger partial charge in [0.1, 0.15) is 11.5 Å². The number of carboxylic acid groups (broad SMARTS) is 1. The first-order chi connectivity index (χ1) is 14.5. The lowest BCUT2D eigenvalue weighted by atomic mass is 9.98. The Labute approximate surface area is 178 Å². The van der Waals surface area contributed by atoms with Crippen molar-refractivity contribution in [2.24, 2.45) is 11.3 Å². The molecule has 3 aromatic rings. The number of nitrogens with zero attached hydrogens (tertiary/aromatic N) is 3. The van der Waals surface area contributed by atoms with Gasteiger partial charge >= 0.3 is 5.97 Å². The molecule has 3 rings (SSSR count). The van der Waals surface area contributed by atoms with E-state index in [2.05, 4.69) is 37.1 Å². The van der Waals surface area contributed by atoms with Crippen molar-refractivity contribution in [2.75, 3.05) is 5.32 Å². The van der Waals surface area contributed by atoms with Crippen molar-refractivity contribution in [2.45, 2.75) is 40.7 Å². The number of H-pyrrole nitrogens is 1. The van der Waals surface area contributed by atoms with Crippen molar-refractivity contribution in [3.8, 4) is 23.2 Å². The number of hydrogen-bond acceptors (Lipinski definition) is 5. The third-order valence-electron chi connectivity index (χ3n) is 4.65. The Balaban J connectivity index is 2.17. The first-order valence-corrected chi connectivity index (χ1v) is 9.69. The van der Waals surface area contributed by atoms with Crippen LogP contribution < -0.4 is 5.32 Å². The quantitative estimate of drug-likeness (QED) is 0.527. The second kappa shape index (κ2) is 8.30. The topological polar surface area (TPSA) is 104 Å². The number of hydrogen-bond donors (Lipinski definition) is 3. The highest BCUT2D eigenvalue weighted by molar-refractivity contribution is 5.91. The second-order valence-electron chi connectivity index (χ2n) is 8.37. The molecule has 162 valence electrons. The van der Waals surface area contributed by atoms with E-state index in [0.29, 0.717) is 16.6 Å². The van der Waals surface area contributed by atoms with Crippen molar-refractivity contribution in [3.05, 3.63) is 35.8 Å². The molecule has 3 aromatic heterocycles. The second-order valence-corrected chi connectivity index (χ2v) is 8.37. The third-order valence-corrected chi connectivity index (χ3v) is 4.65. The highest BCUT2D eigenvalue weighted by Crippen LogP contribution is 2.28. The summed E-state index contributed by atoms with van der Waals surface area (Å²) in [6.07, 6.45) is 2.63. The summed E-state index contributed by atoms with van der Waals surface area (Å²) in [5, 5.41) is 12.5. The van der Waals surface area contributed by atoms with E-state index >= 15 is 4.39 Å². The van der Waals surface area contributed by atoms with Gasteiger partial charge < -0.3 is 15.4 Å². The fourth-order valence-corrected chi connectivity index (χ4v) is 2.71. The summed E-state index contributed by atoms with van der Waals surface area (Å²) in [4.78, 5) is 26.7. The van der Waals surface area contributed by atoms with Gasteiger partial charge in [-0.15, -0.1) is 0 Å². The van der Waals surface area contributed by atoms with E-state index in [1.165, 1.54) is 13.0 Å². The summed E-state index contributed by atoms with van der Waals surface area (Å²) in [7, 11) is 0. The van der Waals surface area contributed by atoms with E-state index in [0.717, 1.165) is 6.20 Å². The van der Waals surface area contributed by atoms with Crippen molar-refractivity contribution >= 4 is 22.8 Å². The molecule has 2 unspecified atom stereocenters. The van der Waals surface area contributed by atoms with E-state index < -0.39 is 35.0 Å². The lowest BCUT2D eigenvalue weighted by molar-refractivity contribution is -0.141. The number of nitrogens with one attached hydrogen (secondary N) is 2. The highest BCUT2D eigenvalue weighted by atomic mass is 19.1. The van der Waals surface area contributed by atoms with Gasteiger partial charge in [-0.1, -0.05) is 5.92 Å². The molecule has 0 amide bonds. The number of aromatic amines is 1. The Morgan fingerprint density at radius 1 is 1.26 bits per heavy atom.